The molecule has 13 heavy (non-hydrogen) atoms. The molecule has 0 atom stereocenters. The lowest BCUT2D eigenvalue weighted by atomic mass is 10.1. The molecule has 0 aliphatic heterocycles. The molecule has 0 unspecified atom stereocenters. The minimum absolute atomic E-state index is 0.273. The van der Waals surface area contributed by atoms with Crippen molar-refractivity contribution in [1.82, 2.24) is 0 Å². The Kier molecular flexibility index (Phi) is 2.71. The zero-order valence-corrected chi connectivity index (χ0v) is 7.74. The van der Waals surface area contributed by atoms with E-state index in [1.54, 1.807) is 12.1 Å². The molecular formula is C11H11NO. The number of carbonyl (C=O) groups is 1. The van der Waals surface area contributed by atoms with Crippen molar-refractivity contribution in [3.8, 4) is 12.3 Å². The summed E-state index contributed by atoms with van der Waals surface area (Å²) in [6.45, 7) is 0. The minimum atomic E-state index is -0.273. The lowest BCUT2D eigenvalue weighted by Crippen LogP contribution is -2.08. The Labute approximate surface area is 78.2 Å². The van der Waals surface area contributed by atoms with Crippen LogP contribution in [-0.4, -0.2) is 19.9 Å². The molecule has 0 amide bonds. The number of ketones is 1. The second-order valence-corrected chi connectivity index (χ2v) is 2.91. The summed E-state index contributed by atoms with van der Waals surface area (Å²) in [6, 6.07) is 7.20. The van der Waals surface area contributed by atoms with E-state index in [1.807, 2.05) is 31.1 Å². The van der Waals surface area contributed by atoms with Crippen molar-refractivity contribution in [3.63, 3.8) is 0 Å². The van der Waals surface area contributed by atoms with Crippen LogP contribution in [0.1, 0.15) is 10.4 Å². The van der Waals surface area contributed by atoms with Crippen molar-refractivity contribution in [2.45, 2.75) is 0 Å². The molecule has 2 nitrogen and oxygen atoms in total. The van der Waals surface area contributed by atoms with Crippen molar-refractivity contribution in [2.75, 3.05) is 19.0 Å². The number of carbonyl (C=O) groups excluding carboxylic acids is 1. The summed E-state index contributed by atoms with van der Waals surface area (Å²) >= 11 is 0. The van der Waals surface area contributed by atoms with Crippen molar-refractivity contribution in [3.05, 3.63) is 29.8 Å². The molecule has 0 N–H and O–H groups in total. The highest BCUT2D eigenvalue weighted by Crippen LogP contribution is 2.12. The fraction of sp³-hybridized carbons (Fsp3) is 0.182. The third kappa shape index (κ3) is 2.09. The topological polar surface area (TPSA) is 20.3 Å². The first-order valence-corrected chi connectivity index (χ1v) is 3.93. The number of Topliss-reactive ketones (excluding diaryl/α,β-unsaturated/α-hetero) is 1. The SMILES string of the molecule is C#CC(=O)c1ccc(N(C)C)cc1. The van der Waals surface area contributed by atoms with E-state index >= 15 is 0 Å². The Hall–Kier alpha value is -1.75. The highest BCUT2D eigenvalue weighted by molar-refractivity contribution is 6.08. The molecule has 0 radical (unpaired) electrons. The molecule has 0 saturated heterocycles. The summed E-state index contributed by atoms with van der Waals surface area (Å²) in [7, 11) is 3.88. The molecule has 0 aromatic heterocycles. The zero-order chi connectivity index (χ0) is 9.84. The van der Waals surface area contributed by atoms with Gasteiger partial charge in [-0.2, -0.15) is 0 Å². The van der Waals surface area contributed by atoms with Gasteiger partial charge in [0.15, 0.2) is 0 Å². The Morgan fingerprint density at radius 1 is 1.31 bits per heavy atom. The maximum atomic E-state index is 11.0. The summed E-state index contributed by atoms with van der Waals surface area (Å²) in [5.74, 6) is 1.80. The van der Waals surface area contributed by atoms with Crippen LogP contribution in [0.5, 0.6) is 0 Å². The molecule has 0 bridgehead atoms. The highest BCUT2D eigenvalue weighted by atomic mass is 16.1. The quantitative estimate of drug-likeness (QED) is 0.384. The average molecular weight is 173 g/mol. The van der Waals surface area contributed by atoms with Gasteiger partial charge in [-0.1, -0.05) is 0 Å². The smallest absolute Gasteiger partial charge is 0.235 e. The molecule has 0 saturated carbocycles. The first-order valence-electron chi connectivity index (χ1n) is 3.93. The van der Waals surface area contributed by atoms with Gasteiger partial charge >= 0.3 is 0 Å². The summed E-state index contributed by atoms with van der Waals surface area (Å²) in [4.78, 5) is 13.0. The maximum absolute atomic E-state index is 11.0. The Morgan fingerprint density at radius 3 is 2.23 bits per heavy atom. The standard InChI is InChI=1S/C11H11NO/c1-4-11(13)9-5-7-10(8-6-9)12(2)3/h1,5-8H,2-3H3. The van der Waals surface area contributed by atoms with Crippen LogP contribution in [-0.2, 0) is 0 Å². The molecule has 1 aromatic rings. The van der Waals surface area contributed by atoms with Gasteiger partial charge < -0.3 is 4.90 Å². The van der Waals surface area contributed by atoms with Gasteiger partial charge in [-0.25, -0.2) is 0 Å². The van der Waals surface area contributed by atoms with Crippen LogP contribution in [0.4, 0.5) is 5.69 Å². The second-order valence-electron chi connectivity index (χ2n) is 2.91. The van der Waals surface area contributed by atoms with E-state index in [4.69, 9.17) is 6.42 Å². The van der Waals surface area contributed by atoms with E-state index < -0.39 is 0 Å². The monoisotopic (exact) mass is 173 g/mol. The van der Waals surface area contributed by atoms with Gasteiger partial charge in [-0.15, -0.1) is 6.42 Å². The molecule has 66 valence electrons. The van der Waals surface area contributed by atoms with Crippen LogP contribution in [0.25, 0.3) is 0 Å². The van der Waals surface area contributed by atoms with Crippen LogP contribution >= 0.6 is 0 Å². The normalized spacial score (nSPS) is 9.00. The number of anilines is 1. The van der Waals surface area contributed by atoms with Gasteiger partial charge in [0.25, 0.3) is 0 Å². The first kappa shape index (κ1) is 9.34. The Balaban J connectivity index is 2.95. The number of terminal acetylenes is 1. The van der Waals surface area contributed by atoms with E-state index in [1.165, 1.54) is 0 Å². The minimum Gasteiger partial charge on any atom is -0.378 e. The molecule has 0 fully saturated rings. The summed E-state index contributed by atoms with van der Waals surface area (Å²) in [5, 5.41) is 0. The van der Waals surface area contributed by atoms with Crippen molar-refractivity contribution in [2.24, 2.45) is 0 Å². The van der Waals surface area contributed by atoms with Gasteiger partial charge in [0.1, 0.15) is 0 Å². The van der Waals surface area contributed by atoms with Crippen LogP contribution in [0.15, 0.2) is 24.3 Å². The predicted octanol–water partition coefficient (Wildman–Crippen LogP) is 1.57. The molecule has 1 rings (SSSR count). The Morgan fingerprint density at radius 2 is 1.85 bits per heavy atom. The fourth-order valence-electron chi connectivity index (χ4n) is 0.994. The molecule has 2 heteroatoms. The molecular weight excluding hydrogens is 162 g/mol. The van der Waals surface area contributed by atoms with Crippen molar-refractivity contribution >= 4 is 11.5 Å². The first-order chi connectivity index (χ1) is 6.15. The van der Waals surface area contributed by atoms with Crippen molar-refractivity contribution < 1.29 is 4.79 Å². The van der Waals surface area contributed by atoms with Gasteiger partial charge in [0.05, 0.1) is 0 Å². The van der Waals surface area contributed by atoms with Crippen LogP contribution in [0.3, 0.4) is 0 Å². The van der Waals surface area contributed by atoms with Crippen molar-refractivity contribution in [1.29, 1.82) is 0 Å². The van der Waals surface area contributed by atoms with E-state index in [-0.39, 0.29) is 5.78 Å². The highest BCUT2D eigenvalue weighted by Gasteiger charge is 2.01. The molecule has 0 aliphatic carbocycles. The van der Waals surface area contributed by atoms with E-state index in [2.05, 4.69) is 5.92 Å². The third-order valence-corrected chi connectivity index (χ3v) is 1.78. The third-order valence-electron chi connectivity index (χ3n) is 1.78. The molecule has 1 aromatic carbocycles. The van der Waals surface area contributed by atoms with Gasteiger partial charge in [-0.3, -0.25) is 4.79 Å². The van der Waals surface area contributed by atoms with Gasteiger partial charge in [-0.05, 0) is 30.2 Å². The van der Waals surface area contributed by atoms with E-state index in [0.717, 1.165) is 5.69 Å². The van der Waals surface area contributed by atoms with Crippen LogP contribution in [0, 0.1) is 12.3 Å². The van der Waals surface area contributed by atoms with Gasteiger partial charge in [0, 0.05) is 25.3 Å². The number of hydrogen-bond donors (Lipinski definition) is 0. The van der Waals surface area contributed by atoms with E-state index in [0.29, 0.717) is 5.56 Å². The molecule has 0 aliphatic rings. The predicted molar refractivity (Wildman–Crippen MR) is 53.9 cm³/mol. The number of rotatable bonds is 2. The maximum Gasteiger partial charge on any atom is 0.235 e. The molecule has 0 spiro atoms. The zero-order valence-electron chi connectivity index (χ0n) is 7.74. The number of hydrogen-bond acceptors (Lipinski definition) is 2. The average Bonchev–Trinajstić information content (AvgIpc) is 2.17. The van der Waals surface area contributed by atoms with E-state index in [9.17, 15) is 4.79 Å². The number of nitrogens with zero attached hydrogens (tertiary/aromatic N) is 1. The van der Waals surface area contributed by atoms with Crippen LogP contribution < -0.4 is 4.90 Å². The lowest BCUT2D eigenvalue weighted by Gasteiger charge is -2.11. The number of benzene rings is 1. The Bertz CT molecular complexity index is 343. The summed E-state index contributed by atoms with van der Waals surface area (Å²) in [5.41, 5.74) is 1.61. The lowest BCUT2D eigenvalue weighted by molar-refractivity contribution is 0.105. The van der Waals surface area contributed by atoms with Gasteiger partial charge in [0.2, 0.25) is 5.78 Å². The van der Waals surface area contributed by atoms with Crippen LogP contribution in [0.2, 0.25) is 0 Å². The largest absolute Gasteiger partial charge is 0.378 e. The summed E-state index contributed by atoms with van der Waals surface area (Å²) < 4.78 is 0. The molecule has 0 heterocycles. The second kappa shape index (κ2) is 3.77. The summed E-state index contributed by atoms with van der Waals surface area (Å²) in [6.07, 6.45) is 4.99. The fourth-order valence-corrected chi connectivity index (χ4v) is 0.994.